The number of nitrogens with zero attached hydrogens (tertiary/aromatic N) is 1. The van der Waals surface area contributed by atoms with Gasteiger partial charge in [0.05, 0.1) is 24.0 Å². The molecule has 0 amide bonds. The van der Waals surface area contributed by atoms with Gasteiger partial charge in [0.25, 0.3) is 0 Å². The highest BCUT2D eigenvalue weighted by atomic mass is 16.5. The van der Waals surface area contributed by atoms with Gasteiger partial charge in [-0.1, -0.05) is 0 Å². The summed E-state index contributed by atoms with van der Waals surface area (Å²) in [6.45, 7) is 1.64. The number of nitrogen functional groups attached to an aromatic ring is 2. The first-order valence-corrected chi connectivity index (χ1v) is 5.14. The molecule has 1 aromatic rings. The molecule has 0 bridgehead atoms. The van der Waals surface area contributed by atoms with Crippen LogP contribution in [-0.2, 0) is 4.74 Å². The van der Waals surface area contributed by atoms with Crippen LogP contribution in [0.1, 0.15) is 6.42 Å². The molecule has 2 rings (SSSR count). The molecule has 1 heterocycles. The Morgan fingerprint density at radius 1 is 1.33 bits per heavy atom. The largest absolute Gasteiger partial charge is 0.397 e. The summed E-state index contributed by atoms with van der Waals surface area (Å²) >= 11 is 0. The first kappa shape index (κ1) is 10.1. The normalized spacial score (nSPS) is 20.5. The van der Waals surface area contributed by atoms with Crippen LogP contribution in [0.2, 0.25) is 0 Å². The molecular weight excluding hydrogens is 190 g/mol. The quantitative estimate of drug-likeness (QED) is 0.712. The van der Waals surface area contributed by atoms with Gasteiger partial charge in [-0.2, -0.15) is 0 Å². The molecule has 0 spiro atoms. The smallest absolute Gasteiger partial charge is 0.0670 e. The topological polar surface area (TPSA) is 64.5 Å². The van der Waals surface area contributed by atoms with E-state index in [0.29, 0.717) is 17.4 Å². The van der Waals surface area contributed by atoms with Gasteiger partial charge in [-0.15, -0.1) is 0 Å². The maximum Gasteiger partial charge on any atom is 0.0670 e. The lowest BCUT2D eigenvalue weighted by atomic mass is 10.2. The molecule has 1 fully saturated rings. The van der Waals surface area contributed by atoms with E-state index >= 15 is 0 Å². The molecule has 0 aromatic heterocycles. The van der Waals surface area contributed by atoms with Crippen LogP contribution in [0.3, 0.4) is 0 Å². The van der Waals surface area contributed by atoms with Crippen LogP contribution >= 0.6 is 0 Å². The summed E-state index contributed by atoms with van der Waals surface area (Å²) in [6, 6.07) is 6.20. The summed E-state index contributed by atoms with van der Waals surface area (Å²) in [6.07, 6.45) is 1.07. The van der Waals surface area contributed by atoms with E-state index in [1.807, 2.05) is 18.2 Å². The van der Waals surface area contributed by atoms with E-state index in [4.69, 9.17) is 16.2 Å². The van der Waals surface area contributed by atoms with Crippen LogP contribution in [0.5, 0.6) is 0 Å². The third kappa shape index (κ3) is 1.99. The predicted octanol–water partition coefficient (Wildman–Crippen LogP) is 1.08. The second kappa shape index (κ2) is 3.98. The highest BCUT2D eigenvalue weighted by Gasteiger charge is 2.20. The summed E-state index contributed by atoms with van der Waals surface area (Å²) in [4.78, 5) is 2.20. The number of hydrogen-bond donors (Lipinski definition) is 2. The lowest BCUT2D eigenvalue weighted by Crippen LogP contribution is -2.31. The number of rotatable bonds is 2. The number of anilines is 3. The molecule has 1 saturated heterocycles. The zero-order valence-corrected chi connectivity index (χ0v) is 8.94. The van der Waals surface area contributed by atoms with Crippen LogP contribution in [0.15, 0.2) is 18.2 Å². The molecule has 4 N–H and O–H groups in total. The molecule has 0 aliphatic carbocycles. The van der Waals surface area contributed by atoms with Gasteiger partial charge in [-0.25, -0.2) is 0 Å². The Bertz CT molecular complexity index is 348. The second-order valence-electron chi connectivity index (χ2n) is 3.94. The molecule has 1 unspecified atom stereocenters. The Morgan fingerprint density at radius 3 is 2.73 bits per heavy atom. The fourth-order valence-electron chi connectivity index (χ4n) is 1.82. The van der Waals surface area contributed by atoms with Crippen LogP contribution in [-0.4, -0.2) is 26.3 Å². The van der Waals surface area contributed by atoms with Crippen molar-refractivity contribution in [3.05, 3.63) is 18.2 Å². The Balaban J connectivity index is 2.17. The molecule has 4 nitrogen and oxygen atoms in total. The second-order valence-corrected chi connectivity index (χ2v) is 3.94. The number of likely N-dealkylation sites (N-methyl/N-ethyl adjacent to an activating group) is 1. The van der Waals surface area contributed by atoms with E-state index in [1.165, 1.54) is 0 Å². The molecule has 82 valence electrons. The summed E-state index contributed by atoms with van der Waals surface area (Å²) in [5.41, 5.74) is 13.8. The van der Waals surface area contributed by atoms with Crippen molar-refractivity contribution in [3.8, 4) is 0 Å². The average molecular weight is 207 g/mol. The number of benzene rings is 1. The van der Waals surface area contributed by atoms with Crippen molar-refractivity contribution >= 4 is 17.1 Å². The lowest BCUT2D eigenvalue weighted by Gasteiger charge is -2.25. The number of nitrogens with two attached hydrogens (primary N) is 2. The van der Waals surface area contributed by atoms with E-state index < -0.39 is 0 Å². The highest BCUT2D eigenvalue weighted by molar-refractivity contribution is 5.69. The van der Waals surface area contributed by atoms with Crippen molar-refractivity contribution in [2.24, 2.45) is 0 Å². The fourth-order valence-corrected chi connectivity index (χ4v) is 1.82. The van der Waals surface area contributed by atoms with Gasteiger partial charge in [-0.3, -0.25) is 0 Å². The van der Waals surface area contributed by atoms with Crippen LogP contribution in [0.25, 0.3) is 0 Å². The standard InChI is InChI=1S/C11H17N3O/c1-14(9-4-5-15-7-9)8-2-3-10(12)11(13)6-8/h2-3,6,9H,4-5,7,12-13H2,1H3. The van der Waals surface area contributed by atoms with Gasteiger partial charge in [0, 0.05) is 19.3 Å². The van der Waals surface area contributed by atoms with E-state index in [0.717, 1.165) is 25.3 Å². The zero-order chi connectivity index (χ0) is 10.8. The van der Waals surface area contributed by atoms with Crippen molar-refractivity contribution in [1.82, 2.24) is 0 Å². The van der Waals surface area contributed by atoms with Gasteiger partial charge in [0.1, 0.15) is 0 Å². The first-order valence-electron chi connectivity index (χ1n) is 5.14. The Kier molecular flexibility index (Phi) is 2.68. The average Bonchev–Trinajstić information content (AvgIpc) is 2.74. The molecular formula is C11H17N3O. The van der Waals surface area contributed by atoms with Crippen molar-refractivity contribution in [2.45, 2.75) is 12.5 Å². The Morgan fingerprint density at radius 2 is 2.13 bits per heavy atom. The molecule has 1 aliphatic rings. The maximum absolute atomic E-state index is 5.77. The number of ether oxygens (including phenoxy) is 1. The fraction of sp³-hybridized carbons (Fsp3) is 0.455. The van der Waals surface area contributed by atoms with Gasteiger partial charge >= 0.3 is 0 Å². The zero-order valence-electron chi connectivity index (χ0n) is 8.94. The van der Waals surface area contributed by atoms with Crippen molar-refractivity contribution in [3.63, 3.8) is 0 Å². The Labute approximate surface area is 89.8 Å². The van der Waals surface area contributed by atoms with E-state index in [2.05, 4.69) is 11.9 Å². The third-order valence-corrected chi connectivity index (χ3v) is 2.93. The molecule has 15 heavy (non-hydrogen) atoms. The highest BCUT2D eigenvalue weighted by Crippen LogP contribution is 2.25. The van der Waals surface area contributed by atoms with Crippen LogP contribution < -0.4 is 16.4 Å². The first-order chi connectivity index (χ1) is 7.18. The van der Waals surface area contributed by atoms with Gasteiger partial charge < -0.3 is 21.1 Å². The molecule has 4 heteroatoms. The van der Waals surface area contributed by atoms with Gasteiger partial charge in [0.15, 0.2) is 0 Å². The van der Waals surface area contributed by atoms with Gasteiger partial charge in [0.2, 0.25) is 0 Å². The molecule has 1 atom stereocenters. The van der Waals surface area contributed by atoms with Crippen molar-refractivity contribution in [2.75, 3.05) is 36.6 Å². The summed E-state index contributed by atoms with van der Waals surface area (Å²) < 4.78 is 5.36. The van der Waals surface area contributed by atoms with E-state index in [-0.39, 0.29) is 0 Å². The summed E-state index contributed by atoms with van der Waals surface area (Å²) in [5.74, 6) is 0. The lowest BCUT2D eigenvalue weighted by molar-refractivity contribution is 0.193. The Hall–Kier alpha value is -1.42. The summed E-state index contributed by atoms with van der Waals surface area (Å²) in [5, 5.41) is 0. The SMILES string of the molecule is CN(c1ccc(N)c(N)c1)C1CCOC1. The van der Waals surface area contributed by atoms with Gasteiger partial charge in [-0.05, 0) is 24.6 Å². The monoisotopic (exact) mass is 207 g/mol. The van der Waals surface area contributed by atoms with Crippen molar-refractivity contribution in [1.29, 1.82) is 0 Å². The predicted molar refractivity (Wildman–Crippen MR) is 62.9 cm³/mol. The molecule has 0 radical (unpaired) electrons. The van der Waals surface area contributed by atoms with Crippen molar-refractivity contribution < 1.29 is 4.74 Å². The molecule has 1 aliphatic heterocycles. The minimum Gasteiger partial charge on any atom is -0.397 e. The van der Waals surface area contributed by atoms with E-state index in [1.54, 1.807) is 0 Å². The maximum atomic E-state index is 5.77. The minimum absolute atomic E-state index is 0.452. The minimum atomic E-state index is 0.452. The third-order valence-electron chi connectivity index (χ3n) is 2.93. The van der Waals surface area contributed by atoms with Crippen LogP contribution in [0, 0.1) is 0 Å². The molecule has 0 saturated carbocycles. The number of hydrogen-bond acceptors (Lipinski definition) is 4. The van der Waals surface area contributed by atoms with E-state index in [9.17, 15) is 0 Å². The van der Waals surface area contributed by atoms with Crippen LogP contribution in [0.4, 0.5) is 17.1 Å². The summed E-state index contributed by atoms with van der Waals surface area (Å²) in [7, 11) is 2.06. The molecule has 1 aromatic carbocycles.